The number of nitrogens with two attached hydrogens (primary N) is 1. The molecule has 0 radical (unpaired) electrons. The summed E-state index contributed by atoms with van der Waals surface area (Å²) in [5.41, 5.74) is 6.25. The lowest BCUT2D eigenvalue weighted by Crippen LogP contribution is -2.20. The molecular formula is C9H10FNO2. The fourth-order valence-corrected chi connectivity index (χ4v) is 1.09. The summed E-state index contributed by atoms with van der Waals surface area (Å²) in [5, 5.41) is 8.57. The smallest absolute Gasteiger partial charge is 0.325 e. The quantitative estimate of drug-likeness (QED) is 0.724. The maximum Gasteiger partial charge on any atom is 0.325 e. The first-order valence-corrected chi connectivity index (χ1v) is 3.76. The Balaban J connectivity index is 3.07. The van der Waals surface area contributed by atoms with Crippen molar-refractivity contribution in [2.24, 2.45) is 5.73 Å². The van der Waals surface area contributed by atoms with Crippen molar-refractivity contribution >= 4 is 5.97 Å². The number of hydrogen-bond acceptors (Lipinski definition) is 2. The van der Waals surface area contributed by atoms with Gasteiger partial charge in [-0.15, -0.1) is 0 Å². The zero-order valence-corrected chi connectivity index (χ0v) is 7.12. The van der Waals surface area contributed by atoms with Gasteiger partial charge in [0.25, 0.3) is 0 Å². The van der Waals surface area contributed by atoms with Gasteiger partial charge in [0.1, 0.15) is 11.9 Å². The van der Waals surface area contributed by atoms with E-state index in [4.69, 9.17) is 10.8 Å². The van der Waals surface area contributed by atoms with E-state index in [1.807, 2.05) is 0 Å². The molecule has 0 amide bonds. The highest BCUT2D eigenvalue weighted by Crippen LogP contribution is 2.14. The standard InChI is InChI=1S/C9H10FNO2/c1-5-2-6(4-7(10)3-5)8(11)9(12)13/h2-4,8H,11H2,1H3,(H,12,13). The highest BCUT2D eigenvalue weighted by atomic mass is 19.1. The second-order valence-corrected chi connectivity index (χ2v) is 2.88. The maximum atomic E-state index is 12.8. The predicted molar refractivity (Wildman–Crippen MR) is 45.7 cm³/mol. The summed E-state index contributed by atoms with van der Waals surface area (Å²) in [4.78, 5) is 10.5. The molecule has 0 heterocycles. The maximum absolute atomic E-state index is 12.8. The third kappa shape index (κ3) is 2.26. The molecule has 0 aliphatic rings. The molecular weight excluding hydrogens is 173 g/mol. The summed E-state index contributed by atoms with van der Waals surface area (Å²) in [7, 11) is 0. The molecule has 1 aromatic carbocycles. The molecule has 0 aromatic heterocycles. The van der Waals surface area contributed by atoms with E-state index in [2.05, 4.69) is 0 Å². The van der Waals surface area contributed by atoms with Crippen LogP contribution in [-0.4, -0.2) is 11.1 Å². The molecule has 0 aliphatic carbocycles. The molecule has 0 saturated heterocycles. The van der Waals surface area contributed by atoms with Crippen LogP contribution in [-0.2, 0) is 4.79 Å². The van der Waals surface area contributed by atoms with E-state index in [1.54, 1.807) is 13.0 Å². The highest BCUT2D eigenvalue weighted by molar-refractivity contribution is 5.75. The second kappa shape index (κ2) is 3.53. The van der Waals surface area contributed by atoms with Gasteiger partial charge in [0.2, 0.25) is 0 Å². The van der Waals surface area contributed by atoms with Gasteiger partial charge in [-0.05, 0) is 30.2 Å². The molecule has 1 aromatic rings. The molecule has 70 valence electrons. The molecule has 13 heavy (non-hydrogen) atoms. The Labute approximate surface area is 75.0 Å². The van der Waals surface area contributed by atoms with Crippen LogP contribution in [0.15, 0.2) is 18.2 Å². The monoisotopic (exact) mass is 183 g/mol. The van der Waals surface area contributed by atoms with Gasteiger partial charge in [-0.2, -0.15) is 0 Å². The minimum atomic E-state index is -1.16. The van der Waals surface area contributed by atoms with E-state index in [-0.39, 0.29) is 5.56 Å². The number of aliphatic carboxylic acids is 1. The number of halogens is 1. The molecule has 3 nitrogen and oxygen atoms in total. The average Bonchev–Trinajstić information content (AvgIpc) is 2.01. The lowest BCUT2D eigenvalue weighted by Gasteiger charge is -2.07. The minimum Gasteiger partial charge on any atom is -0.480 e. The van der Waals surface area contributed by atoms with E-state index in [1.165, 1.54) is 6.07 Å². The summed E-state index contributed by atoms with van der Waals surface area (Å²) >= 11 is 0. The summed E-state index contributed by atoms with van der Waals surface area (Å²) in [5.74, 6) is -1.63. The van der Waals surface area contributed by atoms with Gasteiger partial charge in [0, 0.05) is 0 Å². The van der Waals surface area contributed by atoms with E-state index < -0.39 is 17.8 Å². The number of carboxylic acid groups (broad SMARTS) is 1. The van der Waals surface area contributed by atoms with E-state index in [0.29, 0.717) is 5.56 Å². The molecule has 0 spiro atoms. The summed E-state index contributed by atoms with van der Waals surface area (Å²) in [6, 6.07) is 2.85. The zero-order chi connectivity index (χ0) is 10.0. The molecule has 0 fully saturated rings. The first-order chi connectivity index (χ1) is 6.00. The zero-order valence-electron chi connectivity index (χ0n) is 7.12. The van der Waals surface area contributed by atoms with Crippen LogP contribution in [0.25, 0.3) is 0 Å². The van der Waals surface area contributed by atoms with Crippen molar-refractivity contribution in [2.75, 3.05) is 0 Å². The van der Waals surface area contributed by atoms with Crippen LogP contribution in [0.1, 0.15) is 17.2 Å². The molecule has 1 rings (SSSR count). The van der Waals surface area contributed by atoms with Crippen LogP contribution >= 0.6 is 0 Å². The number of carboxylic acids is 1. The Morgan fingerprint density at radius 2 is 2.15 bits per heavy atom. The Bertz CT molecular complexity index is 318. The SMILES string of the molecule is Cc1cc(F)cc(C(N)C(=O)O)c1. The molecule has 1 unspecified atom stereocenters. The van der Waals surface area contributed by atoms with Crippen molar-refractivity contribution in [3.8, 4) is 0 Å². The van der Waals surface area contributed by atoms with E-state index in [0.717, 1.165) is 6.07 Å². The predicted octanol–water partition coefficient (Wildman–Crippen LogP) is 1.22. The van der Waals surface area contributed by atoms with E-state index >= 15 is 0 Å². The number of rotatable bonds is 2. The van der Waals surface area contributed by atoms with Crippen LogP contribution in [0.4, 0.5) is 4.39 Å². The Kier molecular flexibility index (Phi) is 2.63. The minimum absolute atomic E-state index is 0.282. The van der Waals surface area contributed by atoms with Crippen molar-refractivity contribution in [3.63, 3.8) is 0 Å². The van der Waals surface area contributed by atoms with Crippen LogP contribution in [0.3, 0.4) is 0 Å². The van der Waals surface area contributed by atoms with Crippen molar-refractivity contribution in [2.45, 2.75) is 13.0 Å². The molecule has 3 N–H and O–H groups in total. The fourth-order valence-electron chi connectivity index (χ4n) is 1.09. The van der Waals surface area contributed by atoms with Gasteiger partial charge in [-0.25, -0.2) is 4.39 Å². The summed E-state index contributed by atoms with van der Waals surface area (Å²) < 4.78 is 12.8. The normalized spacial score (nSPS) is 12.5. The molecule has 1 atom stereocenters. The van der Waals surface area contributed by atoms with Crippen LogP contribution in [0, 0.1) is 12.7 Å². The average molecular weight is 183 g/mol. The van der Waals surface area contributed by atoms with Gasteiger partial charge in [-0.3, -0.25) is 4.79 Å². The third-order valence-electron chi connectivity index (χ3n) is 1.69. The molecule has 4 heteroatoms. The largest absolute Gasteiger partial charge is 0.480 e. The third-order valence-corrected chi connectivity index (χ3v) is 1.69. The lowest BCUT2D eigenvalue weighted by molar-refractivity contribution is -0.138. The van der Waals surface area contributed by atoms with Crippen molar-refractivity contribution in [1.82, 2.24) is 0 Å². The van der Waals surface area contributed by atoms with Crippen molar-refractivity contribution < 1.29 is 14.3 Å². The molecule has 0 aliphatic heterocycles. The van der Waals surface area contributed by atoms with Gasteiger partial charge in [0.15, 0.2) is 0 Å². The number of benzene rings is 1. The second-order valence-electron chi connectivity index (χ2n) is 2.88. The van der Waals surface area contributed by atoms with Crippen LogP contribution in [0.2, 0.25) is 0 Å². The summed E-state index contributed by atoms with van der Waals surface area (Å²) in [6.45, 7) is 1.68. The van der Waals surface area contributed by atoms with Gasteiger partial charge >= 0.3 is 5.97 Å². The number of aryl methyl sites for hydroxylation is 1. The fraction of sp³-hybridized carbons (Fsp3) is 0.222. The van der Waals surface area contributed by atoms with Crippen molar-refractivity contribution in [1.29, 1.82) is 0 Å². The first kappa shape index (κ1) is 9.67. The van der Waals surface area contributed by atoms with Gasteiger partial charge in [0.05, 0.1) is 0 Å². The molecule has 0 bridgehead atoms. The Morgan fingerprint density at radius 3 is 2.62 bits per heavy atom. The lowest BCUT2D eigenvalue weighted by atomic mass is 10.1. The Morgan fingerprint density at radius 1 is 1.54 bits per heavy atom. The van der Waals surface area contributed by atoms with Gasteiger partial charge in [-0.1, -0.05) is 6.07 Å². The van der Waals surface area contributed by atoms with Gasteiger partial charge < -0.3 is 10.8 Å². The number of hydrogen-bond donors (Lipinski definition) is 2. The summed E-state index contributed by atoms with van der Waals surface area (Å²) in [6.07, 6.45) is 0. The molecule has 0 saturated carbocycles. The number of carbonyl (C=O) groups is 1. The van der Waals surface area contributed by atoms with Crippen molar-refractivity contribution in [3.05, 3.63) is 35.1 Å². The Hall–Kier alpha value is -1.42. The van der Waals surface area contributed by atoms with Crippen LogP contribution in [0.5, 0.6) is 0 Å². The highest BCUT2D eigenvalue weighted by Gasteiger charge is 2.14. The van der Waals surface area contributed by atoms with Crippen LogP contribution < -0.4 is 5.73 Å². The van der Waals surface area contributed by atoms with E-state index in [9.17, 15) is 9.18 Å². The topological polar surface area (TPSA) is 63.3 Å². The first-order valence-electron chi connectivity index (χ1n) is 3.76.